The molecule has 0 aromatic heterocycles. The first-order valence-corrected chi connectivity index (χ1v) is 6.22. The van der Waals surface area contributed by atoms with E-state index in [2.05, 4.69) is 0 Å². The van der Waals surface area contributed by atoms with E-state index < -0.39 is 0 Å². The first-order valence-electron chi connectivity index (χ1n) is 6.22. The van der Waals surface area contributed by atoms with Gasteiger partial charge in [-0.1, -0.05) is 6.08 Å². The van der Waals surface area contributed by atoms with E-state index in [0.717, 1.165) is 11.3 Å². The zero-order valence-corrected chi connectivity index (χ0v) is 11.1. The number of Topliss-reactive ketones (excluding diaryl/α,β-unsaturated/α-hetero) is 1. The van der Waals surface area contributed by atoms with Gasteiger partial charge in [0.15, 0.2) is 5.78 Å². The van der Waals surface area contributed by atoms with E-state index >= 15 is 0 Å². The Hall–Kier alpha value is -2.10. The lowest BCUT2D eigenvalue weighted by molar-refractivity contribution is -0.142. The number of hydrogen-bond acceptors (Lipinski definition) is 4. The number of carbonyl (C=O) groups is 2. The highest BCUT2D eigenvalue weighted by Crippen LogP contribution is 2.26. The third-order valence-electron chi connectivity index (χ3n) is 3.06. The van der Waals surface area contributed by atoms with Gasteiger partial charge < -0.3 is 9.47 Å². The van der Waals surface area contributed by atoms with Crippen LogP contribution in [0.25, 0.3) is 0 Å². The van der Waals surface area contributed by atoms with Crippen molar-refractivity contribution in [2.24, 2.45) is 0 Å². The first-order chi connectivity index (χ1) is 9.15. The lowest BCUT2D eigenvalue weighted by Gasteiger charge is -2.16. The molecule has 1 aromatic rings. The normalized spacial score (nSPS) is 13.6. The highest BCUT2D eigenvalue weighted by Gasteiger charge is 2.22. The van der Waals surface area contributed by atoms with Crippen LogP contribution in [0.15, 0.2) is 29.8 Å². The van der Waals surface area contributed by atoms with Gasteiger partial charge in [0.05, 0.1) is 20.1 Å². The molecule has 0 fully saturated rings. The molecule has 0 aliphatic heterocycles. The number of benzene rings is 1. The summed E-state index contributed by atoms with van der Waals surface area (Å²) in [5.41, 5.74) is 2.08. The second-order valence-corrected chi connectivity index (χ2v) is 4.27. The number of methoxy groups -OCH3 is 1. The number of rotatable bonds is 4. The highest BCUT2D eigenvalue weighted by atomic mass is 16.5. The van der Waals surface area contributed by atoms with E-state index in [1.807, 2.05) is 6.07 Å². The lowest BCUT2D eigenvalue weighted by atomic mass is 9.89. The van der Waals surface area contributed by atoms with Gasteiger partial charge in [-0.25, -0.2) is 0 Å². The Bertz CT molecular complexity index is 543. The Kier molecular flexibility index (Phi) is 4.00. The Balaban J connectivity index is 2.19. The van der Waals surface area contributed by atoms with Gasteiger partial charge in [0.2, 0.25) is 0 Å². The third-order valence-corrected chi connectivity index (χ3v) is 3.06. The van der Waals surface area contributed by atoms with Crippen molar-refractivity contribution in [3.63, 3.8) is 0 Å². The molecule has 0 saturated heterocycles. The van der Waals surface area contributed by atoms with Gasteiger partial charge in [0.25, 0.3) is 0 Å². The maximum atomic E-state index is 12.2. The summed E-state index contributed by atoms with van der Waals surface area (Å²) in [4.78, 5) is 23.7. The van der Waals surface area contributed by atoms with Gasteiger partial charge in [0, 0.05) is 11.1 Å². The summed E-state index contributed by atoms with van der Waals surface area (Å²) in [6.45, 7) is 2.07. The maximum Gasteiger partial charge on any atom is 0.310 e. The Morgan fingerprint density at radius 2 is 2.16 bits per heavy atom. The lowest BCUT2D eigenvalue weighted by Crippen LogP contribution is -2.16. The molecule has 0 spiro atoms. The van der Waals surface area contributed by atoms with E-state index in [1.54, 1.807) is 32.2 Å². The minimum Gasteiger partial charge on any atom is -0.497 e. The van der Waals surface area contributed by atoms with Gasteiger partial charge in [0.1, 0.15) is 5.75 Å². The van der Waals surface area contributed by atoms with Crippen LogP contribution < -0.4 is 4.74 Å². The summed E-state index contributed by atoms with van der Waals surface area (Å²) in [5.74, 6) is 0.268. The van der Waals surface area contributed by atoms with Crippen molar-refractivity contribution in [1.29, 1.82) is 0 Å². The third kappa shape index (κ3) is 2.84. The monoisotopic (exact) mass is 260 g/mol. The molecular formula is C15H16O4. The average molecular weight is 260 g/mol. The molecule has 1 aromatic carbocycles. The van der Waals surface area contributed by atoms with Crippen molar-refractivity contribution in [2.45, 2.75) is 19.8 Å². The van der Waals surface area contributed by atoms with Crippen LogP contribution in [0, 0.1) is 0 Å². The van der Waals surface area contributed by atoms with E-state index in [-0.39, 0.29) is 18.2 Å². The fraction of sp³-hybridized carbons (Fsp3) is 0.333. The fourth-order valence-electron chi connectivity index (χ4n) is 2.11. The highest BCUT2D eigenvalue weighted by molar-refractivity contribution is 6.12. The van der Waals surface area contributed by atoms with Crippen LogP contribution in [0.4, 0.5) is 0 Å². The second-order valence-electron chi connectivity index (χ2n) is 4.27. The van der Waals surface area contributed by atoms with Gasteiger partial charge in [-0.3, -0.25) is 9.59 Å². The average Bonchev–Trinajstić information content (AvgIpc) is 2.42. The van der Waals surface area contributed by atoms with E-state index in [9.17, 15) is 9.59 Å². The standard InChI is InChI=1S/C15H16O4/c1-3-19-14(16)9-11-5-4-10-8-12(18-2)6-7-13(10)15(11)17/h5-8H,3-4,9H2,1-2H3. The van der Waals surface area contributed by atoms with Gasteiger partial charge in [-0.2, -0.15) is 0 Å². The van der Waals surface area contributed by atoms with Crippen LogP contribution in [0.1, 0.15) is 29.3 Å². The summed E-state index contributed by atoms with van der Waals surface area (Å²) in [5, 5.41) is 0. The van der Waals surface area contributed by atoms with Crippen LogP contribution >= 0.6 is 0 Å². The molecule has 0 saturated carbocycles. The molecule has 19 heavy (non-hydrogen) atoms. The summed E-state index contributed by atoms with van der Waals surface area (Å²) < 4.78 is 10.00. The molecule has 4 heteroatoms. The fourth-order valence-corrected chi connectivity index (χ4v) is 2.11. The van der Waals surface area contributed by atoms with Crippen molar-refractivity contribution < 1.29 is 19.1 Å². The molecule has 1 aliphatic carbocycles. The van der Waals surface area contributed by atoms with Crippen molar-refractivity contribution in [2.75, 3.05) is 13.7 Å². The largest absolute Gasteiger partial charge is 0.497 e. The summed E-state index contributed by atoms with van der Waals surface area (Å²) in [6, 6.07) is 5.35. The van der Waals surface area contributed by atoms with Crippen molar-refractivity contribution in [1.82, 2.24) is 0 Å². The Morgan fingerprint density at radius 3 is 2.84 bits per heavy atom. The minimum absolute atomic E-state index is 0.0398. The van der Waals surface area contributed by atoms with Gasteiger partial charge in [-0.15, -0.1) is 0 Å². The van der Waals surface area contributed by atoms with E-state index in [1.165, 1.54) is 0 Å². The zero-order chi connectivity index (χ0) is 13.8. The molecule has 2 rings (SSSR count). The number of ether oxygens (including phenoxy) is 2. The van der Waals surface area contributed by atoms with Crippen molar-refractivity contribution in [3.05, 3.63) is 41.0 Å². The molecule has 1 aliphatic rings. The maximum absolute atomic E-state index is 12.2. The Morgan fingerprint density at radius 1 is 1.37 bits per heavy atom. The molecule has 0 bridgehead atoms. The molecule has 0 heterocycles. The molecule has 100 valence electrons. The topological polar surface area (TPSA) is 52.6 Å². The van der Waals surface area contributed by atoms with E-state index in [4.69, 9.17) is 9.47 Å². The summed E-state index contributed by atoms with van der Waals surface area (Å²) in [6.07, 6.45) is 2.46. The SMILES string of the molecule is CCOC(=O)CC1=CCc2cc(OC)ccc2C1=O. The zero-order valence-electron chi connectivity index (χ0n) is 11.1. The van der Waals surface area contributed by atoms with Crippen LogP contribution in [-0.2, 0) is 16.0 Å². The molecule has 0 N–H and O–H groups in total. The number of esters is 1. The van der Waals surface area contributed by atoms with Crippen LogP contribution in [-0.4, -0.2) is 25.5 Å². The number of carbonyl (C=O) groups excluding carboxylic acids is 2. The summed E-state index contributed by atoms with van der Waals surface area (Å²) in [7, 11) is 1.59. The molecule has 0 unspecified atom stereocenters. The van der Waals surface area contributed by atoms with Crippen LogP contribution in [0.3, 0.4) is 0 Å². The molecule has 0 radical (unpaired) electrons. The van der Waals surface area contributed by atoms with Gasteiger partial charge in [-0.05, 0) is 37.1 Å². The van der Waals surface area contributed by atoms with Crippen molar-refractivity contribution >= 4 is 11.8 Å². The van der Waals surface area contributed by atoms with Crippen LogP contribution in [0.5, 0.6) is 5.75 Å². The molecule has 4 nitrogen and oxygen atoms in total. The first kappa shape index (κ1) is 13.3. The van der Waals surface area contributed by atoms with E-state index in [0.29, 0.717) is 24.2 Å². The van der Waals surface area contributed by atoms with Gasteiger partial charge >= 0.3 is 5.97 Å². The molecule has 0 amide bonds. The van der Waals surface area contributed by atoms with Crippen molar-refractivity contribution in [3.8, 4) is 5.75 Å². The van der Waals surface area contributed by atoms with Crippen LogP contribution in [0.2, 0.25) is 0 Å². The Labute approximate surface area is 112 Å². The molecular weight excluding hydrogens is 244 g/mol. The predicted octanol–water partition coefficient (Wildman–Crippen LogP) is 2.31. The second kappa shape index (κ2) is 5.69. The smallest absolute Gasteiger partial charge is 0.310 e. The summed E-state index contributed by atoms with van der Waals surface area (Å²) >= 11 is 0. The minimum atomic E-state index is -0.362. The quantitative estimate of drug-likeness (QED) is 0.779. The number of hydrogen-bond donors (Lipinski definition) is 0. The molecule has 0 atom stereocenters. The number of fused-ring (bicyclic) bond motifs is 1. The predicted molar refractivity (Wildman–Crippen MR) is 70.4 cm³/mol. The number of allylic oxidation sites excluding steroid dienone is 1. The number of ketones is 1.